The van der Waals surface area contributed by atoms with E-state index in [9.17, 15) is 4.79 Å². The summed E-state index contributed by atoms with van der Waals surface area (Å²) >= 11 is 0. The highest BCUT2D eigenvalue weighted by Crippen LogP contribution is 2.48. The molecule has 0 amide bonds. The van der Waals surface area contributed by atoms with Gasteiger partial charge in [-0.15, -0.1) is 0 Å². The normalized spacial score (nSPS) is 46.6. The molecule has 4 aliphatic rings. The first kappa shape index (κ1) is 7.54. The van der Waals surface area contributed by atoms with Gasteiger partial charge in [-0.2, -0.15) is 0 Å². The van der Waals surface area contributed by atoms with Gasteiger partial charge < -0.3 is 0 Å². The Balaban J connectivity index is 2.02. The molecular formula is C12H14O. The quantitative estimate of drug-likeness (QED) is 0.515. The fraction of sp³-hybridized carbons (Fsp3) is 0.583. The Hall–Kier alpha value is -0.850. The molecule has 0 aromatic heterocycles. The molecule has 1 fully saturated rings. The van der Waals surface area contributed by atoms with Crippen LogP contribution in [0.25, 0.3) is 0 Å². The molecule has 4 atom stereocenters. The van der Waals surface area contributed by atoms with Crippen molar-refractivity contribution in [3.63, 3.8) is 0 Å². The maximum atomic E-state index is 11.7. The molecule has 1 nitrogen and oxygen atoms in total. The van der Waals surface area contributed by atoms with Crippen LogP contribution in [0.4, 0.5) is 0 Å². The van der Waals surface area contributed by atoms with Gasteiger partial charge in [0, 0.05) is 5.92 Å². The predicted molar refractivity (Wildman–Crippen MR) is 51.1 cm³/mol. The standard InChI is InChI=1S/C12H14O/c13-11-3-1-2-10-8-4-6-9(7-5-8)12(10)11/h1,3-4,6,8-10,12H,2,5,7H2/t8-,9+,10-,12-/m0/s1. The van der Waals surface area contributed by atoms with Crippen molar-refractivity contribution in [3.05, 3.63) is 24.3 Å². The molecule has 0 spiro atoms. The lowest BCUT2D eigenvalue weighted by Gasteiger charge is -2.45. The van der Waals surface area contributed by atoms with Crippen molar-refractivity contribution in [2.75, 3.05) is 0 Å². The molecule has 0 radical (unpaired) electrons. The molecular weight excluding hydrogens is 160 g/mol. The lowest BCUT2D eigenvalue weighted by atomic mass is 9.59. The largest absolute Gasteiger partial charge is 0.295 e. The van der Waals surface area contributed by atoms with E-state index < -0.39 is 0 Å². The van der Waals surface area contributed by atoms with Gasteiger partial charge in [-0.3, -0.25) is 4.79 Å². The molecule has 0 heterocycles. The Bertz CT molecular complexity index is 300. The first-order valence-electron chi connectivity index (χ1n) is 5.25. The molecule has 4 aliphatic carbocycles. The van der Waals surface area contributed by atoms with Gasteiger partial charge in [-0.25, -0.2) is 0 Å². The number of fused-ring (bicyclic) bond motifs is 1. The van der Waals surface area contributed by atoms with Crippen molar-refractivity contribution < 1.29 is 4.79 Å². The average Bonchev–Trinajstić information content (AvgIpc) is 2.20. The van der Waals surface area contributed by atoms with E-state index >= 15 is 0 Å². The Morgan fingerprint density at radius 2 is 1.92 bits per heavy atom. The summed E-state index contributed by atoms with van der Waals surface area (Å²) in [7, 11) is 0. The monoisotopic (exact) mass is 174 g/mol. The minimum Gasteiger partial charge on any atom is -0.295 e. The van der Waals surface area contributed by atoms with E-state index in [4.69, 9.17) is 0 Å². The third-order valence-corrected chi connectivity index (χ3v) is 3.93. The lowest BCUT2D eigenvalue weighted by Crippen LogP contribution is -2.42. The van der Waals surface area contributed by atoms with E-state index in [1.807, 2.05) is 0 Å². The molecule has 0 saturated heterocycles. The van der Waals surface area contributed by atoms with Gasteiger partial charge in [0.15, 0.2) is 5.78 Å². The van der Waals surface area contributed by atoms with Crippen LogP contribution in [0, 0.1) is 23.7 Å². The molecule has 0 aromatic rings. The molecule has 2 bridgehead atoms. The van der Waals surface area contributed by atoms with E-state index in [1.54, 1.807) is 6.08 Å². The number of carbonyl (C=O) groups excluding carboxylic acids is 1. The third-order valence-electron chi connectivity index (χ3n) is 3.93. The van der Waals surface area contributed by atoms with Crippen LogP contribution in [0.3, 0.4) is 0 Å². The van der Waals surface area contributed by atoms with Gasteiger partial charge in [-0.1, -0.05) is 18.2 Å². The molecule has 4 rings (SSSR count). The minimum atomic E-state index is 0.341. The Labute approximate surface area is 78.5 Å². The van der Waals surface area contributed by atoms with Crippen molar-refractivity contribution in [1.29, 1.82) is 0 Å². The summed E-state index contributed by atoms with van der Waals surface area (Å²) < 4.78 is 0. The van der Waals surface area contributed by atoms with Crippen molar-refractivity contribution >= 4 is 5.78 Å². The summed E-state index contributed by atoms with van der Waals surface area (Å²) in [4.78, 5) is 11.7. The summed E-state index contributed by atoms with van der Waals surface area (Å²) in [5.74, 6) is 2.63. The van der Waals surface area contributed by atoms with Crippen LogP contribution in [0.5, 0.6) is 0 Å². The van der Waals surface area contributed by atoms with E-state index in [0.29, 0.717) is 29.5 Å². The zero-order valence-corrected chi connectivity index (χ0v) is 7.65. The summed E-state index contributed by atoms with van der Waals surface area (Å²) in [6, 6.07) is 0. The first-order valence-corrected chi connectivity index (χ1v) is 5.25. The second-order valence-electron chi connectivity index (χ2n) is 4.52. The van der Waals surface area contributed by atoms with Crippen LogP contribution in [-0.2, 0) is 4.79 Å². The summed E-state index contributed by atoms with van der Waals surface area (Å²) in [6.45, 7) is 0. The van der Waals surface area contributed by atoms with Crippen molar-refractivity contribution in [1.82, 2.24) is 0 Å². The second-order valence-corrected chi connectivity index (χ2v) is 4.52. The van der Waals surface area contributed by atoms with E-state index in [0.717, 1.165) is 6.42 Å². The summed E-state index contributed by atoms with van der Waals surface area (Å²) in [5.41, 5.74) is 0. The molecule has 0 unspecified atom stereocenters. The van der Waals surface area contributed by atoms with Crippen LogP contribution in [0.1, 0.15) is 19.3 Å². The number of hydrogen-bond acceptors (Lipinski definition) is 1. The van der Waals surface area contributed by atoms with Crippen molar-refractivity contribution in [2.24, 2.45) is 23.7 Å². The Morgan fingerprint density at radius 3 is 2.62 bits per heavy atom. The molecule has 0 aliphatic heterocycles. The van der Waals surface area contributed by atoms with Gasteiger partial charge in [-0.05, 0) is 43.1 Å². The minimum absolute atomic E-state index is 0.341. The molecule has 1 heteroatoms. The molecule has 0 N–H and O–H groups in total. The highest BCUT2D eigenvalue weighted by atomic mass is 16.1. The van der Waals surface area contributed by atoms with Crippen molar-refractivity contribution in [3.8, 4) is 0 Å². The smallest absolute Gasteiger partial charge is 0.159 e. The third kappa shape index (κ3) is 0.962. The van der Waals surface area contributed by atoms with E-state index in [1.165, 1.54) is 12.8 Å². The molecule has 0 aromatic carbocycles. The zero-order chi connectivity index (χ0) is 8.84. The summed E-state index contributed by atoms with van der Waals surface area (Å²) in [5, 5.41) is 0. The van der Waals surface area contributed by atoms with Crippen LogP contribution in [0.2, 0.25) is 0 Å². The van der Waals surface area contributed by atoms with Gasteiger partial charge in [0.1, 0.15) is 0 Å². The zero-order valence-electron chi connectivity index (χ0n) is 7.65. The highest BCUT2D eigenvalue weighted by molar-refractivity contribution is 5.93. The Kier molecular flexibility index (Phi) is 1.49. The molecule has 13 heavy (non-hydrogen) atoms. The number of ketones is 1. The van der Waals surface area contributed by atoms with E-state index in [2.05, 4.69) is 18.2 Å². The number of hydrogen-bond donors (Lipinski definition) is 0. The van der Waals surface area contributed by atoms with Crippen LogP contribution in [-0.4, -0.2) is 5.78 Å². The average molecular weight is 174 g/mol. The fourth-order valence-corrected chi connectivity index (χ4v) is 3.30. The number of carbonyl (C=O) groups is 1. The van der Waals surface area contributed by atoms with Gasteiger partial charge >= 0.3 is 0 Å². The SMILES string of the molecule is O=C1C=CC[C@@H]2[C@@H]1[C@@H]1C=C[C@H]2CC1. The lowest BCUT2D eigenvalue weighted by molar-refractivity contribution is -0.124. The van der Waals surface area contributed by atoms with Gasteiger partial charge in [0.25, 0.3) is 0 Å². The molecule has 1 saturated carbocycles. The highest BCUT2D eigenvalue weighted by Gasteiger charge is 2.43. The second kappa shape index (κ2) is 2.57. The van der Waals surface area contributed by atoms with Crippen LogP contribution in [0.15, 0.2) is 24.3 Å². The van der Waals surface area contributed by atoms with Crippen LogP contribution >= 0.6 is 0 Å². The number of rotatable bonds is 0. The summed E-state index contributed by atoms with van der Waals surface area (Å²) in [6.07, 6.45) is 12.2. The fourth-order valence-electron chi connectivity index (χ4n) is 3.30. The Morgan fingerprint density at radius 1 is 1.15 bits per heavy atom. The van der Waals surface area contributed by atoms with Gasteiger partial charge in [0.2, 0.25) is 0 Å². The van der Waals surface area contributed by atoms with Crippen molar-refractivity contribution in [2.45, 2.75) is 19.3 Å². The number of allylic oxidation sites excluding steroid dienone is 4. The maximum Gasteiger partial charge on any atom is 0.159 e. The van der Waals surface area contributed by atoms with E-state index in [-0.39, 0.29) is 0 Å². The molecule has 68 valence electrons. The topological polar surface area (TPSA) is 17.1 Å². The first-order chi connectivity index (χ1) is 6.36. The van der Waals surface area contributed by atoms with Crippen LogP contribution < -0.4 is 0 Å². The maximum absolute atomic E-state index is 11.7. The predicted octanol–water partition coefficient (Wildman–Crippen LogP) is 2.34. The van der Waals surface area contributed by atoms with Gasteiger partial charge in [0.05, 0.1) is 0 Å².